The minimum absolute atomic E-state index is 0.282. The number of aliphatic hydroxyl groups is 1. The summed E-state index contributed by atoms with van der Waals surface area (Å²) in [5, 5.41) is 14.3. The van der Waals surface area contributed by atoms with Gasteiger partial charge >= 0.3 is 0 Å². The smallest absolute Gasteiger partial charge is 0.217 e. The van der Waals surface area contributed by atoms with E-state index in [2.05, 4.69) is 4.85 Å². The molecule has 6 nitrogen and oxygen atoms in total. The van der Waals surface area contributed by atoms with Crippen LogP contribution in [0.5, 0.6) is 5.88 Å². The number of fused-ring (bicyclic) bond motifs is 2. The molecule has 5 aromatic rings. The van der Waals surface area contributed by atoms with Crippen molar-refractivity contribution in [3.05, 3.63) is 113 Å². The predicted molar refractivity (Wildman–Crippen MR) is 146 cm³/mol. The Bertz CT molecular complexity index is 1620. The van der Waals surface area contributed by atoms with Crippen molar-refractivity contribution >= 4 is 27.6 Å². The average molecular weight is 510 g/mol. The molecule has 0 spiro atoms. The van der Waals surface area contributed by atoms with Gasteiger partial charge in [0.2, 0.25) is 5.88 Å². The molecule has 7 heteroatoms. The van der Waals surface area contributed by atoms with Crippen LogP contribution in [0.2, 0.25) is 0 Å². The van der Waals surface area contributed by atoms with Gasteiger partial charge < -0.3 is 19.2 Å². The summed E-state index contributed by atoms with van der Waals surface area (Å²) < 4.78 is 26.7. The van der Waals surface area contributed by atoms with Gasteiger partial charge in [-0.05, 0) is 73.9 Å². The van der Waals surface area contributed by atoms with Crippen LogP contribution in [-0.4, -0.2) is 42.7 Å². The topological polar surface area (TPSA) is 63.1 Å². The number of ether oxygens (including phenoxy) is 1. The van der Waals surface area contributed by atoms with E-state index < -0.39 is 17.3 Å². The predicted octanol–water partition coefficient (Wildman–Crippen LogP) is 6.65. The molecule has 0 aliphatic carbocycles. The van der Waals surface area contributed by atoms with Gasteiger partial charge in [-0.2, -0.15) is 0 Å². The Morgan fingerprint density at radius 3 is 2.58 bits per heavy atom. The van der Waals surface area contributed by atoms with E-state index in [1.807, 2.05) is 55.4 Å². The van der Waals surface area contributed by atoms with Gasteiger partial charge in [-0.3, -0.25) is 0 Å². The number of nitrogens with zero attached hydrogens (tertiary/aromatic N) is 3. The van der Waals surface area contributed by atoms with Crippen LogP contribution < -0.4 is 4.74 Å². The lowest BCUT2D eigenvalue weighted by molar-refractivity contribution is -0.0145. The van der Waals surface area contributed by atoms with Gasteiger partial charge in [0.25, 0.3) is 0 Å². The van der Waals surface area contributed by atoms with Crippen molar-refractivity contribution in [2.24, 2.45) is 0 Å². The zero-order valence-electron chi connectivity index (χ0n) is 21.5. The van der Waals surface area contributed by atoms with Crippen LogP contribution in [0.3, 0.4) is 0 Å². The number of pyridine rings is 1. The van der Waals surface area contributed by atoms with E-state index in [1.165, 1.54) is 19.2 Å². The lowest BCUT2D eigenvalue weighted by Gasteiger charge is -2.36. The highest BCUT2D eigenvalue weighted by molar-refractivity contribution is 5.84. The first-order chi connectivity index (χ1) is 18.3. The second-order valence-electron chi connectivity index (χ2n) is 9.69. The summed E-state index contributed by atoms with van der Waals surface area (Å²) in [4.78, 5) is 10.2. The Kier molecular flexibility index (Phi) is 6.85. The van der Waals surface area contributed by atoms with Crippen molar-refractivity contribution in [2.75, 3.05) is 27.7 Å². The number of hydrogen-bond acceptors (Lipinski definition) is 5. The molecule has 0 aliphatic rings. The van der Waals surface area contributed by atoms with Crippen LogP contribution in [0.15, 0.2) is 83.3 Å². The first-order valence-electron chi connectivity index (χ1n) is 12.3. The lowest BCUT2D eigenvalue weighted by atomic mass is 9.74. The fourth-order valence-electron chi connectivity index (χ4n) is 5.00. The fourth-order valence-corrected chi connectivity index (χ4v) is 5.00. The summed E-state index contributed by atoms with van der Waals surface area (Å²) in [5.41, 5.74) is 1.28. The van der Waals surface area contributed by atoms with Crippen molar-refractivity contribution < 1.29 is 18.7 Å². The first-order valence-corrected chi connectivity index (χ1v) is 12.3. The number of benzene rings is 3. The number of para-hydroxylation sites is 1. The molecule has 192 valence electrons. The normalized spacial score (nSPS) is 13.9. The molecular formula is C31H28FN3O3. The quantitative estimate of drug-likeness (QED) is 0.237. The van der Waals surface area contributed by atoms with Crippen molar-refractivity contribution in [1.29, 1.82) is 0 Å². The lowest BCUT2D eigenvalue weighted by Crippen LogP contribution is -2.37. The summed E-state index contributed by atoms with van der Waals surface area (Å²) in [6, 6.07) is 22.7. The number of methoxy groups -OCH3 is 1. The van der Waals surface area contributed by atoms with Crippen molar-refractivity contribution in [3.8, 4) is 5.88 Å². The number of hydrogen-bond donors (Lipinski definition) is 1. The van der Waals surface area contributed by atoms with E-state index in [1.54, 1.807) is 30.3 Å². The van der Waals surface area contributed by atoms with Gasteiger partial charge in [-0.15, -0.1) is 0 Å². The van der Waals surface area contributed by atoms with Gasteiger partial charge in [0.05, 0.1) is 25.1 Å². The fraction of sp³-hybridized carbons (Fsp3) is 0.226. The van der Waals surface area contributed by atoms with Gasteiger partial charge in [0.15, 0.2) is 5.69 Å². The summed E-state index contributed by atoms with van der Waals surface area (Å²) >= 11 is 0. The number of halogens is 1. The van der Waals surface area contributed by atoms with Gasteiger partial charge in [0, 0.05) is 17.5 Å². The number of furan rings is 1. The monoisotopic (exact) mass is 509 g/mol. The van der Waals surface area contributed by atoms with E-state index in [9.17, 15) is 9.50 Å². The molecule has 38 heavy (non-hydrogen) atoms. The molecule has 0 fully saturated rings. The Morgan fingerprint density at radius 1 is 1.05 bits per heavy atom. The second kappa shape index (κ2) is 10.3. The largest absolute Gasteiger partial charge is 0.481 e. The summed E-state index contributed by atoms with van der Waals surface area (Å²) in [6.07, 6.45) is 0.282. The number of aromatic nitrogens is 1. The number of rotatable bonds is 8. The second-order valence-corrected chi connectivity index (χ2v) is 9.69. The Hall–Kier alpha value is -4.25. The van der Waals surface area contributed by atoms with Crippen LogP contribution in [0.1, 0.15) is 29.2 Å². The first kappa shape index (κ1) is 25.4. The minimum Gasteiger partial charge on any atom is -0.481 e. The maximum atomic E-state index is 14.7. The standard InChI is InChI=1S/C31H28FN3O3/c1-33-24-12-13-26-22(17-24)18-25(30(34-26)37-4)29(21-9-7-10-23(32)16-21)31(36,14-15-35(2)3)28-19-20-8-5-6-11-27(20)38-28/h5-13,16-19,29,36H,14-15H2,2-4H3. The molecular weight excluding hydrogens is 481 g/mol. The van der Waals surface area contributed by atoms with Gasteiger partial charge in [0.1, 0.15) is 22.8 Å². The van der Waals surface area contributed by atoms with E-state index in [0.29, 0.717) is 46.1 Å². The van der Waals surface area contributed by atoms with Crippen LogP contribution in [0.25, 0.3) is 26.7 Å². The molecule has 2 atom stereocenters. The molecule has 0 radical (unpaired) electrons. The molecule has 3 aromatic carbocycles. The van der Waals surface area contributed by atoms with Crippen LogP contribution in [-0.2, 0) is 5.60 Å². The third kappa shape index (κ3) is 4.72. The zero-order valence-corrected chi connectivity index (χ0v) is 21.5. The van der Waals surface area contributed by atoms with E-state index in [0.717, 1.165) is 10.8 Å². The SMILES string of the molecule is [C-]#[N+]c1ccc2nc(OC)c(C(c3cccc(F)c3)C(O)(CCN(C)C)c3cc4ccccc4o3)cc2c1. The van der Waals surface area contributed by atoms with Gasteiger partial charge in [-0.25, -0.2) is 14.2 Å². The Morgan fingerprint density at radius 2 is 1.87 bits per heavy atom. The molecule has 0 amide bonds. The van der Waals surface area contributed by atoms with Crippen molar-refractivity contribution in [2.45, 2.75) is 17.9 Å². The summed E-state index contributed by atoms with van der Waals surface area (Å²) in [6.45, 7) is 7.97. The third-order valence-electron chi connectivity index (χ3n) is 6.88. The minimum atomic E-state index is -1.60. The molecule has 0 saturated heterocycles. The highest BCUT2D eigenvalue weighted by Gasteiger charge is 2.45. The molecule has 1 N–H and O–H groups in total. The maximum Gasteiger partial charge on any atom is 0.217 e. The molecule has 0 bridgehead atoms. The molecule has 2 unspecified atom stereocenters. The van der Waals surface area contributed by atoms with Crippen molar-refractivity contribution in [1.82, 2.24) is 9.88 Å². The Labute approximate surface area is 220 Å². The van der Waals surface area contributed by atoms with Crippen LogP contribution in [0, 0.1) is 12.4 Å². The van der Waals surface area contributed by atoms with E-state index in [4.69, 9.17) is 20.7 Å². The van der Waals surface area contributed by atoms with Crippen molar-refractivity contribution in [3.63, 3.8) is 0 Å². The van der Waals surface area contributed by atoms with Gasteiger partial charge in [-0.1, -0.05) is 36.4 Å². The van der Waals surface area contributed by atoms with E-state index >= 15 is 0 Å². The zero-order chi connectivity index (χ0) is 26.9. The van der Waals surface area contributed by atoms with Crippen LogP contribution >= 0.6 is 0 Å². The molecule has 0 saturated carbocycles. The summed E-state index contributed by atoms with van der Waals surface area (Å²) in [7, 11) is 5.38. The molecule has 2 heterocycles. The molecule has 0 aliphatic heterocycles. The highest BCUT2D eigenvalue weighted by Crippen LogP contribution is 2.48. The maximum absolute atomic E-state index is 14.7. The van der Waals surface area contributed by atoms with Crippen LogP contribution in [0.4, 0.5) is 10.1 Å². The molecule has 2 aromatic heterocycles. The van der Waals surface area contributed by atoms with E-state index in [-0.39, 0.29) is 6.42 Å². The summed E-state index contributed by atoms with van der Waals surface area (Å²) in [5.74, 6) is -0.550. The molecule has 5 rings (SSSR count). The highest BCUT2D eigenvalue weighted by atomic mass is 19.1. The third-order valence-corrected chi connectivity index (χ3v) is 6.88. The average Bonchev–Trinajstić information content (AvgIpc) is 3.36. The Balaban J connectivity index is 1.82.